The maximum Gasteiger partial charge on any atom is 0.263 e. The molecule has 0 unspecified atom stereocenters. The van der Waals surface area contributed by atoms with E-state index in [4.69, 9.17) is 17.0 Å². The van der Waals surface area contributed by atoms with Crippen LogP contribution in [-0.2, 0) is 17.8 Å². The molecule has 6 heteroatoms. The van der Waals surface area contributed by atoms with Gasteiger partial charge in [0.25, 0.3) is 5.56 Å². The van der Waals surface area contributed by atoms with Gasteiger partial charge in [0.2, 0.25) is 0 Å². The molecule has 2 aliphatic rings. The van der Waals surface area contributed by atoms with Gasteiger partial charge in [0, 0.05) is 17.3 Å². The molecule has 0 atom stereocenters. The number of fused-ring (bicyclic) bond motifs is 3. The van der Waals surface area contributed by atoms with E-state index < -0.39 is 0 Å². The zero-order chi connectivity index (χ0) is 16.2. The molecule has 1 aliphatic carbocycles. The Kier molecular flexibility index (Phi) is 3.74. The first-order valence-electron chi connectivity index (χ1n) is 8.39. The van der Waals surface area contributed by atoms with Gasteiger partial charge < -0.3 is 9.72 Å². The Morgan fingerprint density at radius 2 is 2.04 bits per heavy atom. The first kappa shape index (κ1) is 15.5. The lowest BCUT2D eigenvalue weighted by Crippen LogP contribution is -2.33. The van der Waals surface area contributed by atoms with Gasteiger partial charge in [-0.15, -0.1) is 11.3 Å². The minimum absolute atomic E-state index is 0.103. The third-order valence-corrected chi connectivity index (χ3v) is 6.52. The second-order valence-corrected chi connectivity index (χ2v) is 8.82. The van der Waals surface area contributed by atoms with Crippen molar-refractivity contribution in [1.82, 2.24) is 9.55 Å². The molecule has 0 aromatic carbocycles. The molecule has 4 rings (SSSR count). The Morgan fingerprint density at radius 3 is 2.78 bits per heavy atom. The topological polar surface area (TPSA) is 47.0 Å². The van der Waals surface area contributed by atoms with Crippen LogP contribution in [0.4, 0.5) is 0 Å². The van der Waals surface area contributed by atoms with Gasteiger partial charge >= 0.3 is 0 Å². The molecular weight excluding hydrogens is 328 g/mol. The molecule has 2 aromatic rings. The van der Waals surface area contributed by atoms with Crippen LogP contribution in [0.2, 0.25) is 0 Å². The van der Waals surface area contributed by atoms with E-state index in [2.05, 4.69) is 18.8 Å². The number of nitrogens with one attached hydrogen (secondary N) is 1. The number of hydrogen-bond acceptors (Lipinski definition) is 4. The van der Waals surface area contributed by atoms with Gasteiger partial charge in [-0.05, 0) is 44.5 Å². The van der Waals surface area contributed by atoms with Crippen LogP contribution in [0.15, 0.2) is 4.79 Å². The van der Waals surface area contributed by atoms with Crippen LogP contribution < -0.4 is 5.56 Å². The van der Waals surface area contributed by atoms with Gasteiger partial charge in [0.05, 0.1) is 17.6 Å². The molecule has 124 valence electrons. The van der Waals surface area contributed by atoms with Gasteiger partial charge in [-0.1, -0.05) is 19.3 Å². The zero-order valence-corrected chi connectivity index (χ0v) is 15.2. The van der Waals surface area contributed by atoms with E-state index in [1.807, 2.05) is 4.57 Å². The molecule has 0 saturated heterocycles. The Hall–Kier alpha value is -0.980. The highest BCUT2D eigenvalue weighted by atomic mass is 32.1. The molecule has 0 spiro atoms. The van der Waals surface area contributed by atoms with Crippen molar-refractivity contribution in [2.45, 2.75) is 70.6 Å². The van der Waals surface area contributed by atoms with E-state index in [-0.39, 0.29) is 17.2 Å². The lowest BCUT2D eigenvalue weighted by molar-refractivity contribution is -0.0379. The molecule has 0 bridgehead atoms. The average molecular weight is 351 g/mol. The highest BCUT2D eigenvalue weighted by Gasteiger charge is 2.31. The molecule has 1 fully saturated rings. The van der Waals surface area contributed by atoms with Crippen LogP contribution in [-0.4, -0.2) is 15.2 Å². The minimum atomic E-state index is -0.213. The predicted octanol–water partition coefficient (Wildman–Crippen LogP) is 4.48. The average Bonchev–Trinajstić information content (AvgIpc) is 2.84. The summed E-state index contributed by atoms with van der Waals surface area (Å²) in [6.07, 6.45) is 6.54. The van der Waals surface area contributed by atoms with Crippen molar-refractivity contribution in [3.8, 4) is 0 Å². The SMILES string of the molecule is CC1(C)Cc2c(sc3[nH]c(=S)n(C4CCCCC4)c(=O)c23)CO1. The molecule has 4 nitrogen and oxygen atoms in total. The van der Waals surface area contributed by atoms with Crippen LogP contribution in [0.1, 0.15) is 62.4 Å². The van der Waals surface area contributed by atoms with Gasteiger partial charge in [-0.2, -0.15) is 0 Å². The van der Waals surface area contributed by atoms with Gasteiger partial charge in [0.1, 0.15) is 4.83 Å². The Bertz CT molecular complexity index is 869. The molecule has 23 heavy (non-hydrogen) atoms. The van der Waals surface area contributed by atoms with Crippen LogP contribution >= 0.6 is 23.6 Å². The number of ether oxygens (including phenoxy) is 1. The van der Waals surface area contributed by atoms with Crippen molar-refractivity contribution < 1.29 is 4.74 Å². The Morgan fingerprint density at radius 1 is 1.30 bits per heavy atom. The van der Waals surface area contributed by atoms with E-state index in [0.29, 0.717) is 11.4 Å². The van der Waals surface area contributed by atoms with Crippen LogP contribution in [0.5, 0.6) is 0 Å². The highest BCUT2D eigenvalue weighted by molar-refractivity contribution is 7.71. The molecular formula is C17H22N2O2S2. The number of hydrogen-bond donors (Lipinski definition) is 1. The maximum atomic E-state index is 13.2. The molecule has 1 saturated carbocycles. The summed E-state index contributed by atoms with van der Waals surface area (Å²) in [6, 6.07) is 0.257. The van der Waals surface area contributed by atoms with Crippen LogP contribution in [0.3, 0.4) is 0 Å². The maximum absolute atomic E-state index is 13.2. The standard InChI is InChI=1S/C17H22N2O2S2/c1-17(2)8-11-12(9-21-17)23-14-13(11)15(20)19(16(22)18-14)10-6-4-3-5-7-10/h10H,3-9H2,1-2H3,(H,18,22). The second-order valence-electron chi connectivity index (χ2n) is 7.33. The molecule has 1 N–H and O–H groups in total. The third-order valence-electron chi connectivity index (χ3n) is 5.10. The van der Waals surface area contributed by atoms with Crippen molar-refractivity contribution in [2.75, 3.05) is 0 Å². The van der Waals surface area contributed by atoms with Crippen LogP contribution in [0, 0.1) is 4.77 Å². The van der Waals surface area contributed by atoms with Crippen molar-refractivity contribution >= 4 is 33.8 Å². The molecule has 3 heterocycles. The fourth-order valence-electron chi connectivity index (χ4n) is 3.91. The molecule has 0 amide bonds. The number of thiophene rings is 1. The van der Waals surface area contributed by atoms with Crippen LogP contribution in [0.25, 0.3) is 10.2 Å². The second kappa shape index (κ2) is 5.53. The number of rotatable bonds is 1. The number of nitrogens with zero attached hydrogens (tertiary/aromatic N) is 1. The predicted molar refractivity (Wildman–Crippen MR) is 96.0 cm³/mol. The van der Waals surface area contributed by atoms with E-state index in [1.54, 1.807) is 11.3 Å². The molecule has 0 radical (unpaired) electrons. The number of H-pyrrole nitrogens is 1. The van der Waals surface area contributed by atoms with E-state index in [9.17, 15) is 4.79 Å². The first-order valence-corrected chi connectivity index (χ1v) is 9.62. The van der Waals surface area contributed by atoms with Crippen molar-refractivity contribution in [1.29, 1.82) is 0 Å². The quantitative estimate of drug-likeness (QED) is 0.772. The fourth-order valence-corrected chi connectivity index (χ4v) is 5.43. The third kappa shape index (κ3) is 2.61. The summed E-state index contributed by atoms with van der Waals surface area (Å²) in [4.78, 5) is 18.6. The lowest BCUT2D eigenvalue weighted by Gasteiger charge is -2.30. The van der Waals surface area contributed by atoms with Gasteiger partial charge in [-0.3, -0.25) is 9.36 Å². The number of aromatic nitrogens is 2. The molecule has 2 aromatic heterocycles. The monoisotopic (exact) mass is 350 g/mol. The highest BCUT2D eigenvalue weighted by Crippen LogP contribution is 2.37. The summed E-state index contributed by atoms with van der Waals surface area (Å²) in [7, 11) is 0. The summed E-state index contributed by atoms with van der Waals surface area (Å²) in [5.74, 6) is 0. The van der Waals surface area contributed by atoms with Gasteiger partial charge in [-0.25, -0.2) is 0 Å². The van der Waals surface area contributed by atoms with Crippen molar-refractivity contribution in [3.63, 3.8) is 0 Å². The summed E-state index contributed by atoms with van der Waals surface area (Å²) >= 11 is 7.14. The lowest BCUT2D eigenvalue weighted by atomic mass is 9.93. The van der Waals surface area contributed by atoms with E-state index >= 15 is 0 Å². The zero-order valence-electron chi connectivity index (χ0n) is 13.6. The summed E-state index contributed by atoms with van der Waals surface area (Å²) in [5.41, 5.74) is 1.06. The largest absolute Gasteiger partial charge is 0.370 e. The normalized spacial score (nSPS) is 21.5. The summed E-state index contributed by atoms with van der Waals surface area (Å²) < 4.78 is 8.33. The summed E-state index contributed by atoms with van der Waals surface area (Å²) in [6.45, 7) is 4.76. The number of aromatic amines is 1. The Balaban J connectivity index is 1.93. The van der Waals surface area contributed by atoms with E-state index in [1.165, 1.54) is 29.7 Å². The smallest absolute Gasteiger partial charge is 0.263 e. The van der Waals surface area contributed by atoms with Crippen molar-refractivity contribution in [3.05, 3.63) is 25.6 Å². The fraction of sp³-hybridized carbons (Fsp3) is 0.647. The first-order chi connectivity index (χ1) is 11.0. The Labute approximate surface area is 144 Å². The van der Waals surface area contributed by atoms with E-state index in [0.717, 1.165) is 29.5 Å². The van der Waals surface area contributed by atoms with Crippen molar-refractivity contribution in [2.24, 2.45) is 0 Å². The van der Waals surface area contributed by atoms with Gasteiger partial charge in [0.15, 0.2) is 4.77 Å². The summed E-state index contributed by atoms with van der Waals surface area (Å²) in [5, 5.41) is 0.848. The minimum Gasteiger partial charge on any atom is -0.370 e. The molecule has 1 aliphatic heterocycles.